The standard InChI is InChI=1S/C82H113N21O28/c104-64(40-100-23-25-101(41-69(113)114)27-29-103(43-71(117)118)30-28-102(26-24-100)42-70(115)116)91-61(33-52-37-83-44-88-52)77(124)93-56(15-19-66(107)108)75(122)97-63(35-54-39-85-46-90-54)79(126)94-57(16-20-67(109)110)76(123)96-62(34-53-38-84-45-89-53)78(125)92-55(14-18-65(105)106)73(120)87-36-47-8-12-50(13-9-47)72(119)95-60(32-48-10-11-49-5-1-2-6-51(49)31-48)74(121)86-22-4-3-7-58(80(127)128)98-82(131)99-59(81(129)130)17-21-68(111)112/h1-2,5-6,10-11,31,37-39,44-47,50,55-63H,3-4,7-9,12-30,32-36,40-43H2,(H,83,88)(H,84,89)(H,85,90)(H,86,121)(H,87,120)(H,91,104)(H,92,125)(H,93,124)(H,94,126)(H,95,119)(H,96,123)(H,97,122)(H,105,106)(H,107,108)(H,109,110)(H,111,112)(H,113,114)(H,115,116)(H,117,118)(H,127,128)(H,129,130)(H2,98,99,131)/t47?,50?,55-,56-,57-,58-,59-,60-,61-,62-,63-/m0/s1. The molecule has 1 saturated heterocycles. The first-order valence-electron chi connectivity index (χ1n) is 42.4. The predicted molar refractivity (Wildman–Crippen MR) is 454 cm³/mol. The molecule has 9 atom stereocenters. The molecule has 1 saturated carbocycles. The number of imidazole rings is 3. The molecular weight excluding hydrogens is 1730 g/mol. The Morgan fingerprint density at radius 3 is 1.22 bits per heavy atom. The molecule has 2 aliphatic rings. The van der Waals surface area contributed by atoms with Crippen LogP contribution in [0.5, 0.6) is 0 Å². The highest BCUT2D eigenvalue weighted by Crippen LogP contribution is 2.29. The van der Waals surface area contributed by atoms with E-state index in [1.807, 2.05) is 42.5 Å². The zero-order valence-electron chi connectivity index (χ0n) is 71.6. The maximum absolute atomic E-state index is 14.8. The van der Waals surface area contributed by atoms with Gasteiger partial charge in [-0.15, -0.1) is 0 Å². The minimum absolute atomic E-state index is 0.000286. The van der Waals surface area contributed by atoms with Crippen molar-refractivity contribution in [3.05, 3.63) is 103 Å². The van der Waals surface area contributed by atoms with Crippen LogP contribution in [0.2, 0.25) is 0 Å². The van der Waals surface area contributed by atoms with Crippen LogP contribution < -0.4 is 58.5 Å². The number of rotatable bonds is 54. The lowest BCUT2D eigenvalue weighted by molar-refractivity contribution is -0.141. The van der Waals surface area contributed by atoms with Gasteiger partial charge in [-0.05, 0) is 92.9 Å². The molecule has 2 aromatic carbocycles. The van der Waals surface area contributed by atoms with Crippen molar-refractivity contribution < 1.29 is 137 Å². The molecule has 0 unspecified atom stereocenters. The fourth-order valence-electron chi connectivity index (χ4n) is 14.7. The van der Waals surface area contributed by atoms with E-state index in [1.165, 1.54) is 47.4 Å². The number of aromatic nitrogens is 6. The van der Waals surface area contributed by atoms with Crippen LogP contribution in [0.3, 0.4) is 0 Å². The number of carbonyl (C=O) groups excluding carboxylic acids is 10. The molecular formula is C82H113N21O28. The van der Waals surface area contributed by atoms with Gasteiger partial charge in [0, 0.05) is 153 Å². The number of nitrogens with one attached hydrogen (secondary N) is 14. The Balaban J connectivity index is 1.01. The highest BCUT2D eigenvalue weighted by molar-refractivity contribution is 5.98. The van der Waals surface area contributed by atoms with E-state index in [0.29, 0.717) is 18.4 Å². The maximum Gasteiger partial charge on any atom is 0.326 e. The first-order valence-corrected chi connectivity index (χ1v) is 42.4. The van der Waals surface area contributed by atoms with Crippen LogP contribution >= 0.6 is 0 Å². The van der Waals surface area contributed by atoms with Gasteiger partial charge in [0.2, 0.25) is 53.2 Å². The van der Waals surface area contributed by atoms with E-state index in [-0.39, 0.29) is 133 Å². The SMILES string of the molecule is O=C(O)CC[C@H](NC(=O)N[C@@H](CCCCNC(=O)[C@H](Cc1ccc2ccccc2c1)NC(=O)C1CCC(CNC(=O)[C@H](CCC(=O)O)NC(=O)[C@H](Cc2c[nH]cn2)NC(=O)[C@H](CCC(=O)O)NC(=O)[C@H](Cc2cnc[nH]2)NC(=O)[C@H](CCC(=O)O)NC(=O)[C@H](Cc2cnc[nH]2)NC(=O)CN2CCN(CC(=O)O)CCN(CC(=O)O)CCN(CC(=O)O)CC2)CC1)C(=O)O)C(=O)O. The van der Waals surface area contributed by atoms with Gasteiger partial charge in [-0.3, -0.25) is 96.3 Å². The van der Waals surface area contributed by atoms with Crippen molar-refractivity contribution in [1.82, 2.24) is 108 Å². The Bertz CT molecular complexity index is 4690. The summed E-state index contributed by atoms with van der Waals surface area (Å²) in [5.41, 5.74) is 1.29. The molecule has 23 N–H and O–H groups in total. The highest BCUT2D eigenvalue weighted by atomic mass is 16.4. The van der Waals surface area contributed by atoms with Crippen molar-refractivity contribution in [2.45, 2.75) is 176 Å². The molecule has 2 fully saturated rings. The van der Waals surface area contributed by atoms with Crippen molar-refractivity contribution >= 4 is 124 Å². The zero-order chi connectivity index (χ0) is 95.6. The van der Waals surface area contributed by atoms with Crippen LogP contribution in [0, 0.1) is 11.8 Å². The second kappa shape index (κ2) is 53.6. The summed E-state index contributed by atoms with van der Waals surface area (Å²) < 4.78 is 0. The molecule has 3 aromatic heterocycles. The van der Waals surface area contributed by atoms with Gasteiger partial charge in [-0.1, -0.05) is 42.5 Å². The molecule has 1 aliphatic heterocycles. The van der Waals surface area contributed by atoms with Crippen molar-refractivity contribution in [2.75, 3.05) is 91.6 Å². The van der Waals surface area contributed by atoms with Gasteiger partial charge in [-0.25, -0.2) is 29.3 Å². The fourth-order valence-corrected chi connectivity index (χ4v) is 14.7. The van der Waals surface area contributed by atoms with E-state index in [1.54, 1.807) is 9.80 Å². The lowest BCUT2D eigenvalue weighted by Gasteiger charge is -2.33. The van der Waals surface area contributed by atoms with Crippen molar-refractivity contribution in [1.29, 1.82) is 0 Å². The summed E-state index contributed by atoms with van der Waals surface area (Å²) in [4.78, 5) is 276. The van der Waals surface area contributed by atoms with Gasteiger partial charge < -0.3 is 119 Å². The predicted octanol–water partition coefficient (Wildman–Crippen LogP) is -3.98. The van der Waals surface area contributed by atoms with Gasteiger partial charge in [-0.2, -0.15) is 0 Å². The number of benzene rings is 2. The first-order chi connectivity index (χ1) is 62.4. The summed E-state index contributed by atoms with van der Waals surface area (Å²) >= 11 is 0. The van der Waals surface area contributed by atoms with E-state index in [9.17, 15) is 132 Å². The highest BCUT2D eigenvalue weighted by Gasteiger charge is 2.38. The third-order valence-corrected chi connectivity index (χ3v) is 21.8. The number of aromatic amines is 3. The summed E-state index contributed by atoms with van der Waals surface area (Å²) in [7, 11) is 0. The number of amides is 11. The van der Waals surface area contributed by atoms with Gasteiger partial charge in [0.05, 0.1) is 50.9 Å². The quantitative estimate of drug-likeness (QED) is 0.0165. The summed E-state index contributed by atoms with van der Waals surface area (Å²) in [5.74, 6) is -21.5. The number of H-pyrrole nitrogens is 3. The molecule has 714 valence electrons. The number of urea groups is 1. The van der Waals surface area contributed by atoms with Gasteiger partial charge in [0.15, 0.2) is 0 Å². The van der Waals surface area contributed by atoms with Crippen molar-refractivity contribution in [2.24, 2.45) is 11.8 Å². The van der Waals surface area contributed by atoms with Crippen LogP contribution in [0.15, 0.2) is 80.0 Å². The fraction of sp³-hybridized carbons (Fsp3) is 0.537. The molecule has 1 aliphatic carbocycles. The van der Waals surface area contributed by atoms with Crippen LogP contribution in [0.25, 0.3) is 10.8 Å². The monoisotopic (exact) mass is 1840 g/mol. The molecule has 7 rings (SSSR count). The number of carbonyl (C=O) groups is 19. The minimum atomic E-state index is -1.88. The lowest BCUT2D eigenvalue weighted by Crippen LogP contribution is -2.60. The number of hydrogen-bond acceptors (Lipinski definition) is 26. The van der Waals surface area contributed by atoms with E-state index in [0.717, 1.165) is 10.8 Å². The van der Waals surface area contributed by atoms with E-state index < -0.39 is 264 Å². The number of unbranched alkanes of at least 4 members (excludes halogenated alkanes) is 1. The zero-order valence-corrected chi connectivity index (χ0v) is 71.6. The average Bonchev–Trinajstić information content (AvgIpc) is 1.10. The van der Waals surface area contributed by atoms with Crippen LogP contribution in [0.1, 0.15) is 119 Å². The second-order valence-electron chi connectivity index (χ2n) is 31.9. The van der Waals surface area contributed by atoms with Crippen LogP contribution in [-0.2, 0) is 112 Å². The van der Waals surface area contributed by atoms with Gasteiger partial charge in [0.25, 0.3) is 0 Å². The molecule has 131 heavy (non-hydrogen) atoms. The second-order valence-corrected chi connectivity index (χ2v) is 31.9. The first kappa shape index (κ1) is 104. The van der Waals surface area contributed by atoms with Gasteiger partial charge in [0.1, 0.15) is 54.4 Å². The summed E-state index contributed by atoms with van der Waals surface area (Å²) in [6, 6.07) is -2.78. The minimum Gasteiger partial charge on any atom is -0.481 e. The van der Waals surface area contributed by atoms with Gasteiger partial charge >= 0.3 is 59.8 Å². The van der Waals surface area contributed by atoms with Crippen LogP contribution in [-0.4, -0.2) is 354 Å². The smallest absolute Gasteiger partial charge is 0.326 e. The number of fused-ring (bicyclic) bond motifs is 1. The number of nitrogens with zero attached hydrogens (tertiary/aromatic N) is 7. The Labute approximate surface area is 748 Å². The average molecular weight is 1840 g/mol. The topological polar surface area (TPSA) is 738 Å². The van der Waals surface area contributed by atoms with Crippen molar-refractivity contribution in [3.8, 4) is 0 Å². The van der Waals surface area contributed by atoms with Crippen LogP contribution in [0.4, 0.5) is 4.79 Å². The summed E-state index contributed by atoms with van der Waals surface area (Å²) in [5, 5.41) is 116. The molecule has 49 heteroatoms. The number of aliphatic carboxylic acids is 9. The number of carboxylic acid groups (broad SMARTS) is 9. The van der Waals surface area contributed by atoms with E-state index >= 15 is 0 Å². The number of hydrogen-bond donors (Lipinski definition) is 23. The molecule has 0 spiro atoms. The summed E-state index contributed by atoms with van der Waals surface area (Å²) in [6.07, 6.45) is 2.71. The molecule has 0 bridgehead atoms. The number of carboxylic acids is 9. The largest absolute Gasteiger partial charge is 0.481 e. The lowest BCUT2D eigenvalue weighted by atomic mass is 9.81. The van der Waals surface area contributed by atoms with Crippen molar-refractivity contribution in [3.63, 3.8) is 0 Å². The Kier molecular flexibility index (Phi) is 42.6. The molecule has 49 nitrogen and oxygen atoms in total. The Morgan fingerprint density at radius 2 is 0.786 bits per heavy atom. The maximum atomic E-state index is 14.8. The molecule has 0 radical (unpaired) electrons. The normalized spacial score (nSPS) is 16.8. The Hall–Kier alpha value is -14.1. The molecule has 4 heterocycles. The molecule has 11 amide bonds. The van der Waals surface area contributed by atoms with E-state index in [4.69, 9.17) is 5.11 Å². The molecule has 5 aromatic rings. The third-order valence-electron chi connectivity index (χ3n) is 21.8. The Morgan fingerprint density at radius 1 is 0.382 bits per heavy atom. The third kappa shape index (κ3) is 38.4. The summed E-state index contributed by atoms with van der Waals surface area (Å²) in [6.45, 7) is -1.51. The van der Waals surface area contributed by atoms with E-state index in [2.05, 4.69) is 88.4 Å².